The number of piperidine rings is 1. The van der Waals surface area contributed by atoms with Crippen molar-refractivity contribution in [2.75, 3.05) is 19.7 Å². The molecule has 1 aliphatic rings. The molecule has 8 nitrogen and oxygen atoms in total. The Morgan fingerprint density at radius 1 is 1.03 bits per heavy atom. The molecule has 4 N–H and O–H groups in total. The number of likely N-dealkylation sites (tertiary alicyclic amines) is 1. The molecule has 1 aliphatic heterocycles. The second kappa shape index (κ2) is 11.6. The van der Waals surface area contributed by atoms with E-state index in [1.165, 1.54) is 0 Å². The molecule has 32 heavy (non-hydrogen) atoms. The minimum atomic E-state index is -0.956. The van der Waals surface area contributed by atoms with Gasteiger partial charge in [0, 0.05) is 19.5 Å². The number of aliphatic hydroxyl groups excluding tert-OH is 1. The van der Waals surface area contributed by atoms with Crippen molar-refractivity contribution in [2.45, 2.75) is 44.6 Å². The van der Waals surface area contributed by atoms with E-state index in [0.717, 1.165) is 35.6 Å². The van der Waals surface area contributed by atoms with E-state index in [1.54, 1.807) is 10.4 Å². The summed E-state index contributed by atoms with van der Waals surface area (Å²) < 4.78 is 0. The fourth-order valence-corrected chi connectivity index (χ4v) is 4.32. The summed E-state index contributed by atoms with van der Waals surface area (Å²) in [6.07, 6.45) is 3.60. The maximum atomic E-state index is 12.8. The molecule has 0 bridgehead atoms. The highest BCUT2D eigenvalue weighted by molar-refractivity contribution is 5.92. The van der Waals surface area contributed by atoms with Crippen molar-refractivity contribution >= 4 is 28.5 Å². The lowest BCUT2D eigenvalue weighted by atomic mass is 9.91. The van der Waals surface area contributed by atoms with Crippen LogP contribution >= 0.6 is 0 Å². The predicted octanol–water partition coefficient (Wildman–Crippen LogP) is 1.77. The van der Waals surface area contributed by atoms with Gasteiger partial charge in [0.1, 0.15) is 6.04 Å². The molecule has 0 saturated carbocycles. The largest absolute Gasteiger partial charge is 0.394 e. The number of nitrogens with zero attached hydrogens (tertiary/aromatic N) is 1. The molecule has 2 aromatic carbocycles. The summed E-state index contributed by atoms with van der Waals surface area (Å²) in [4.78, 5) is 38.3. The number of hydrogen-bond donors (Lipinski definition) is 4. The molecule has 1 saturated heterocycles. The van der Waals surface area contributed by atoms with Crippen molar-refractivity contribution in [2.24, 2.45) is 5.92 Å². The Kier molecular flexibility index (Phi) is 8.58. The number of benzene rings is 2. The van der Waals surface area contributed by atoms with Gasteiger partial charge in [-0.15, -0.1) is 0 Å². The van der Waals surface area contributed by atoms with Crippen LogP contribution in [0.4, 0.5) is 0 Å². The Bertz CT molecular complexity index is 935. The van der Waals surface area contributed by atoms with E-state index in [1.807, 2.05) is 42.5 Å². The standard InChI is InChI=1S/C24H31N3O5/c28-16-21(24(31)27-13-11-17(12-14-27)5-3-10-22(29)26-32)25-23(30)15-19-8-4-7-18-6-1-2-9-20(18)19/h1-2,4,6-9,17,21,28,32H,3,5,10-16H2,(H,25,30)(H,26,29). The van der Waals surface area contributed by atoms with Gasteiger partial charge in [0.05, 0.1) is 13.0 Å². The van der Waals surface area contributed by atoms with Crippen LogP contribution in [0.25, 0.3) is 10.8 Å². The topological polar surface area (TPSA) is 119 Å². The lowest BCUT2D eigenvalue weighted by Crippen LogP contribution is -2.52. The minimum Gasteiger partial charge on any atom is -0.394 e. The van der Waals surface area contributed by atoms with E-state index in [0.29, 0.717) is 25.4 Å². The van der Waals surface area contributed by atoms with Gasteiger partial charge in [-0.3, -0.25) is 19.6 Å². The number of carbonyl (C=O) groups excluding carboxylic acids is 3. The summed E-state index contributed by atoms with van der Waals surface area (Å²) >= 11 is 0. The number of fused-ring (bicyclic) bond motifs is 1. The quantitative estimate of drug-likeness (QED) is 0.349. The van der Waals surface area contributed by atoms with E-state index in [4.69, 9.17) is 5.21 Å². The lowest BCUT2D eigenvalue weighted by molar-refractivity contribution is -0.138. The fraction of sp³-hybridized carbons (Fsp3) is 0.458. The molecule has 1 heterocycles. The van der Waals surface area contributed by atoms with Crippen molar-refractivity contribution in [1.29, 1.82) is 0 Å². The molecule has 3 rings (SSSR count). The molecule has 172 valence electrons. The smallest absolute Gasteiger partial charge is 0.247 e. The van der Waals surface area contributed by atoms with Crippen molar-refractivity contribution in [3.63, 3.8) is 0 Å². The monoisotopic (exact) mass is 441 g/mol. The van der Waals surface area contributed by atoms with Gasteiger partial charge in [-0.05, 0) is 47.9 Å². The average molecular weight is 442 g/mol. The Morgan fingerprint density at radius 3 is 2.47 bits per heavy atom. The minimum absolute atomic E-state index is 0.134. The van der Waals surface area contributed by atoms with Crippen molar-refractivity contribution < 1.29 is 24.7 Å². The van der Waals surface area contributed by atoms with E-state index < -0.39 is 12.6 Å². The molecule has 1 fully saturated rings. The summed E-state index contributed by atoms with van der Waals surface area (Å²) in [5, 5.41) is 23.0. The van der Waals surface area contributed by atoms with Crippen molar-refractivity contribution in [3.8, 4) is 0 Å². The molecule has 3 amide bonds. The van der Waals surface area contributed by atoms with Crippen LogP contribution in [-0.2, 0) is 20.8 Å². The third kappa shape index (κ3) is 6.27. The van der Waals surface area contributed by atoms with Gasteiger partial charge in [0.2, 0.25) is 17.7 Å². The summed E-state index contributed by atoms with van der Waals surface area (Å²) in [7, 11) is 0. The summed E-state index contributed by atoms with van der Waals surface area (Å²) in [6, 6.07) is 12.7. The average Bonchev–Trinajstić information content (AvgIpc) is 2.82. The van der Waals surface area contributed by atoms with E-state index in [9.17, 15) is 19.5 Å². The molecule has 2 aromatic rings. The Morgan fingerprint density at radius 2 is 1.75 bits per heavy atom. The van der Waals surface area contributed by atoms with Crippen LogP contribution in [0.5, 0.6) is 0 Å². The van der Waals surface area contributed by atoms with Gasteiger partial charge in [-0.2, -0.15) is 0 Å². The van der Waals surface area contributed by atoms with Gasteiger partial charge in [-0.1, -0.05) is 42.5 Å². The third-order valence-electron chi connectivity index (χ3n) is 6.11. The van der Waals surface area contributed by atoms with Crippen LogP contribution in [0.3, 0.4) is 0 Å². The Balaban J connectivity index is 1.49. The molecule has 8 heteroatoms. The van der Waals surface area contributed by atoms with Gasteiger partial charge in [0.15, 0.2) is 0 Å². The highest BCUT2D eigenvalue weighted by atomic mass is 16.5. The number of aliphatic hydroxyl groups is 1. The van der Waals surface area contributed by atoms with Crippen LogP contribution in [0.2, 0.25) is 0 Å². The second-order valence-corrected chi connectivity index (χ2v) is 8.31. The SMILES string of the molecule is O=C(CCCC1CCN(C(=O)C(CO)NC(=O)Cc2cccc3ccccc23)CC1)NO. The fourth-order valence-electron chi connectivity index (χ4n) is 4.32. The Labute approximate surface area is 187 Å². The molecule has 0 spiro atoms. The van der Waals surface area contributed by atoms with E-state index >= 15 is 0 Å². The first-order chi connectivity index (χ1) is 15.5. The van der Waals surface area contributed by atoms with Crippen LogP contribution in [0.1, 0.15) is 37.7 Å². The molecule has 0 aliphatic carbocycles. The first-order valence-electron chi connectivity index (χ1n) is 11.1. The van der Waals surface area contributed by atoms with Gasteiger partial charge in [0.25, 0.3) is 0 Å². The maximum Gasteiger partial charge on any atom is 0.247 e. The molecule has 1 unspecified atom stereocenters. The zero-order chi connectivity index (χ0) is 22.9. The number of nitrogens with one attached hydrogen (secondary N) is 2. The number of amides is 3. The van der Waals surface area contributed by atoms with Crippen LogP contribution < -0.4 is 10.8 Å². The number of carbonyl (C=O) groups is 3. The number of hydroxylamine groups is 1. The van der Waals surface area contributed by atoms with Crippen LogP contribution in [-0.4, -0.2) is 58.7 Å². The molecule has 1 atom stereocenters. The van der Waals surface area contributed by atoms with Crippen LogP contribution in [0, 0.1) is 5.92 Å². The van der Waals surface area contributed by atoms with Crippen molar-refractivity contribution in [1.82, 2.24) is 15.7 Å². The molecule has 0 radical (unpaired) electrons. The van der Waals surface area contributed by atoms with Crippen LogP contribution in [0.15, 0.2) is 42.5 Å². The van der Waals surface area contributed by atoms with Gasteiger partial charge in [-0.25, -0.2) is 5.48 Å². The zero-order valence-corrected chi connectivity index (χ0v) is 18.1. The van der Waals surface area contributed by atoms with Crippen molar-refractivity contribution in [3.05, 3.63) is 48.0 Å². The summed E-state index contributed by atoms with van der Waals surface area (Å²) in [5.41, 5.74) is 2.51. The summed E-state index contributed by atoms with van der Waals surface area (Å²) in [6.45, 7) is 0.674. The summed E-state index contributed by atoms with van der Waals surface area (Å²) in [5.74, 6) is -0.538. The lowest BCUT2D eigenvalue weighted by Gasteiger charge is -2.34. The molecule has 0 aromatic heterocycles. The number of hydrogen-bond acceptors (Lipinski definition) is 5. The normalized spacial score (nSPS) is 15.4. The second-order valence-electron chi connectivity index (χ2n) is 8.31. The number of rotatable bonds is 9. The maximum absolute atomic E-state index is 12.8. The first-order valence-corrected chi connectivity index (χ1v) is 11.1. The first kappa shape index (κ1) is 23.7. The highest BCUT2D eigenvalue weighted by Crippen LogP contribution is 2.23. The van der Waals surface area contributed by atoms with Gasteiger partial charge < -0.3 is 15.3 Å². The predicted molar refractivity (Wildman–Crippen MR) is 120 cm³/mol. The van der Waals surface area contributed by atoms with E-state index in [-0.39, 0.29) is 30.6 Å². The highest BCUT2D eigenvalue weighted by Gasteiger charge is 2.29. The molecular weight excluding hydrogens is 410 g/mol. The third-order valence-corrected chi connectivity index (χ3v) is 6.11. The van der Waals surface area contributed by atoms with E-state index in [2.05, 4.69) is 5.32 Å². The zero-order valence-electron chi connectivity index (χ0n) is 18.1. The molecular formula is C24H31N3O5. The Hall–Kier alpha value is -2.97. The van der Waals surface area contributed by atoms with Gasteiger partial charge >= 0.3 is 0 Å².